The minimum Gasteiger partial charge on any atom is -0.320 e. The van der Waals surface area contributed by atoms with Gasteiger partial charge in [0.15, 0.2) is 0 Å². The minimum absolute atomic E-state index is 0.101. The lowest BCUT2D eigenvalue weighted by Gasteiger charge is -2.20. The molecule has 0 aliphatic heterocycles. The van der Waals surface area contributed by atoms with Crippen LogP contribution in [0.15, 0.2) is 23.1 Å². The van der Waals surface area contributed by atoms with Gasteiger partial charge in [-0.25, -0.2) is 13.1 Å². The fraction of sp³-hybridized carbons (Fsp3) is 0.467. The van der Waals surface area contributed by atoms with E-state index in [1.165, 1.54) is 0 Å². The van der Waals surface area contributed by atoms with E-state index in [1.54, 1.807) is 18.2 Å². The largest absolute Gasteiger partial charge is 0.320 e. The third-order valence-electron chi connectivity index (χ3n) is 3.20. The van der Waals surface area contributed by atoms with Crippen molar-refractivity contribution >= 4 is 10.0 Å². The number of hydrogen-bond acceptors (Lipinski definition) is 4. The van der Waals surface area contributed by atoms with Crippen LogP contribution in [0.25, 0.3) is 0 Å². The van der Waals surface area contributed by atoms with Crippen molar-refractivity contribution < 1.29 is 8.42 Å². The van der Waals surface area contributed by atoms with Gasteiger partial charge in [0, 0.05) is 18.2 Å². The summed E-state index contributed by atoms with van der Waals surface area (Å²) in [6, 6.07) is 5.20. The van der Waals surface area contributed by atoms with Crippen LogP contribution in [-0.4, -0.2) is 46.5 Å². The van der Waals surface area contributed by atoms with E-state index in [0.717, 1.165) is 5.56 Å². The van der Waals surface area contributed by atoms with Crippen molar-refractivity contribution in [2.75, 3.05) is 27.2 Å². The van der Waals surface area contributed by atoms with Crippen molar-refractivity contribution in [3.05, 3.63) is 29.3 Å². The summed E-state index contributed by atoms with van der Waals surface area (Å²) in [5.41, 5.74) is 6.79. The Bertz CT molecular complexity index is 643. The van der Waals surface area contributed by atoms with Gasteiger partial charge in [0.2, 0.25) is 10.0 Å². The van der Waals surface area contributed by atoms with E-state index in [0.29, 0.717) is 12.1 Å². The van der Waals surface area contributed by atoms with Crippen molar-refractivity contribution in [3.63, 3.8) is 0 Å². The molecule has 0 bridgehead atoms. The summed E-state index contributed by atoms with van der Waals surface area (Å²) >= 11 is 0. The van der Waals surface area contributed by atoms with Gasteiger partial charge in [-0.15, -0.1) is 0 Å². The van der Waals surface area contributed by atoms with Crippen LogP contribution in [0.4, 0.5) is 0 Å². The predicted octanol–water partition coefficient (Wildman–Crippen LogP) is 0.534. The van der Waals surface area contributed by atoms with Gasteiger partial charge < -0.3 is 10.6 Å². The topological polar surface area (TPSA) is 75.4 Å². The van der Waals surface area contributed by atoms with Gasteiger partial charge in [-0.05, 0) is 45.6 Å². The highest BCUT2D eigenvalue weighted by Crippen LogP contribution is 2.16. The lowest BCUT2D eigenvalue weighted by Crippen LogP contribution is -2.38. The number of sulfonamides is 1. The minimum atomic E-state index is -3.59. The molecule has 0 aliphatic rings. The number of aryl methyl sites for hydroxylation is 1. The van der Waals surface area contributed by atoms with Gasteiger partial charge in [0.1, 0.15) is 0 Å². The van der Waals surface area contributed by atoms with Crippen LogP contribution in [0.3, 0.4) is 0 Å². The summed E-state index contributed by atoms with van der Waals surface area (Å²) in [5.74, 6) is 5.53. The van der Waals surface area contributed by atoms with Crippen LogP contribution in [0.5, 0.6) is 0 Å². The van der Waals surface area contributed by atoms with Crippen LogP contribution in [0.2, 0.25) is 0 Å². The average molecular weight is 309 g/mol. The molecule has 1 aromatic rings. The highest BCUT2D eigenvalue weighted by Gasteiger charge is 2.19. The van der Waals surface area contributed by atoms with E-state index in [9.17, 15) is 8.42 Å². The fourth-order valence-corrected chi connectivity index (χ4v) is 2.88. The van der Waals surface area contributed by atoms with E-state index in [-0.39, 0.29) is 17.5 Å². The summed E-state index contributed by atoms with van der Waals surface area (Å²) in [6.07, 6.45) is 0. The molecule has 1 atom stereocenters. The summed E-state index contributed by atoms with van der Waals surface area (Å²) in [4.78, 5) is 2.15. The number of hydrogen-bond donors (Lipinski definition) is 2. The first-order valence-corrected chi connectivity index (χ1v) is 8.22. The second kappa shape index (κ2) is 7.57. The summed E-state index contributed by atoms with van der Waals surface area (Å²) in [5, 5.41) is 0. The van der Waals surface area contributed by atoms with Crippen LogP contribution in [0, 0.1) is 18.8 Å². The van der Waals surface area contributed by atoms with Crippen molar-refractivity contribution in [1.29, 1.82) is 0 Å². The molecule has 116 valence electrons. The average Bonchev–Trinajstić information content (AvgIpc) is 2.42. The molecular weight excluding hydrogens is 286 g/mol. The maximum Gasteiger partial charge on any atom is 0.241 e. The molecule has 0 aromatic heterocycles. The first kappa shape index (κ1) is 17.7. The van der Waals surface area contributed by atoms with Gasteiger partial charge in [-0.3, -0.25) is 0 Å². The molecule has 0 radical (unpaired) electrons. The van der Waals surface area contributed by atoms with Crippen LogP contribution < -0.4 is 10.5 Å². The third kappa shape index (κ3) is 5.14. The Hall–Kier alpha value is -1.39. The Kier molecular flexibility index (Phi) is 6.37. The second-order valence-corrected chi connectivity index (χ2v) is 6.91. The quantitative estimate of drug-likeness (QED) is 0.778. The molecule has 1 unspecified atom stereocenters. The first-order valence-electron chi connectivity index (χ1n) is 6.73. The molecule has 21 heavy (non-hydrogen) atoms. The van der Waals surface area contributed by atoms with Crippen LogP contribution >= 0.6 is 0 Å². The standard InChI is InChI=1S/C15H23N3O2S/c1-12-7-8-15(14(10-12)6-5-9-16)21(19,20)17-11-13(2)18(3)4/h7-8,10,13,17H,9,11,16H2,1-4H3. The molecule has 0 amide bonds. The highest BCUT2D eigenvalue weighted by molar-refractivity contribution is 7.89. The molecule has 0 saturated carbocycles. The fourth-order valence-electron chi connectivity index (χ4n) is 1.61. The number of nitrogens with two attached hydrogens (primary N) is 1. The Balaban J connectivity index is 3.08. The van der Waals surface area contributed by atoms with E-state index in [2.05, 4.69) is 16.6 Å². The van der Waals surface area contributed by atoms with E-state index in [4.69, 9.17) is 5.73 Å². The lowest BCUT2D eigenvalue weighted by atomic mass is 10.1. The van der Waals surface area contributed by atoms with Crippen molar-refractivity contribution in [2.45, 2.75) is 24.8 Å². The number of nitrogens with one attached hydrogen (secondary N) is 1. The smallest absolute Gasteiger partial charge is 0.241 e. The van der Waals surface area contributed by atoms with E-state index >= 15 is 0 Å². The lowest BCUT2D eigenvalue weighted by molar-refractivity contribution is 0.314. The maximum absolute atomic E-state index is 12.4. The Morgan fingerprint density at radius 3 is 2.62 bits per heavy atom. The van der Waals surface area contributed by atoms with Crippen molar-refractivity contribution in [1.82, 2.24) is 9.62 Å². The summed E-state index contributed by atoms with van der Waals surface area (Å²) in [7, 11) is 0.225. The molecule has 0 aliphatic carbocycles. The molecule has 5 nitrogen and oxygen atoms in total. The van der Waals surface area contributed by atoms with Gasteiger partial charge in [-0.2, -0.15) is 0 Å². The molecule has 1 rings (SSSR count). The predicted molar refractivity (Wildman–Crippen MR) is 85.4 cm³/mol. The van der Waals surface area contributed by atoms with Crippen molar-refractivity contribution in [3.8, 4) is 11.8 Å². The molecule has 0 saturated heterocycles. The molecule has 6 heteroatoms. The molecular formula is C15H23N3O2S. The van der Waals surface area contributed by atoms with Crippen LogP contribution in [-0.2, 0) is 10.0 Å². The zero-order valence-corrected chi connectivity index (χ0v) is 13.8. The van der Waals surface area contributed by atoms with E-state index in [1.807, 2.05) is 32.8 Å². The summed E-state index contributed by atoms with van der Waals surface area (Å²) < 4.78 is 27.5. The van der Waals surface area contributed by atoms with E-state index < -0.39 is 10.0 Å². The SMILES string of the molecule is Cc1ccc(S(=O)(=O)NCC(C)N(C)C)c(C#CCN)c1. The van der Waals surface area contributed by atoms with Crippen molar-refractivity contribution in [2.24, 2.45) is 5.73 Å². The normalized spacial score (nSPS) is 12.9. The number of nitrogens with zero attached hydrogens (tertiary/aromatic N) is 1. The first-order chi connectivity index (χ1) is 9.77. The molecule has 0 spiro atoms. The third-order valence-corrected chi connectivity index (χ3v) is 4.68. The number of benzene rings is 1. The summed E-state index contributed by atoms with van der Waals surface area (Å²) in [6.45, 7) is 4.38. The van der Waals surface area contributed by atoms with Gasteiger partial charge in [-0.1, -0.05) is 17.9 Å². The zero-order valence-electron chi connectivity index (χ0n) is 13.0. The zero-order chi connectivity index (χ0) is 16.0. The van der Waals surface area contributed by atoms with Gasteiger partial charge in [0.05, 0.1) is 11.4 Å². The molecule has 3 N–H and O–H groups in total. The monoisotopic (exact) mass is 309 g/mol. The molecule has 1 aromatic carbocycles. The molecule has 0 heterocycles. The second-order valence-electron chi connectivity index (χ2n) is 5.17. The van der Waals surface area contributed by atoms with Crippen LogP contribution in [0.1, 0.15) is 18.1 Å². The van der Waals surface area contributed by atoms with Gasteiger partial charge >= 0.3 is 0 Å². The highest BCUT2D eigenvalue weighted by atomic mass is 32.2. The molecule has 0 fully saturated rings. The Labute approximate surface area is 127 Å². The Morgan fingerprint density at radius 1 is 1.38 bits per heavy atom. The number of likely N-dealkylation sites (N-methyl/N-ethyl adjacent to an activating group) is 1. The van der Waals surface area contributed by atoms with Gasteiger partial charge in [0.25, 0.3) is 0 Å². The maximum atomic E-state index is 12.4. The Morgan fingerprint density at radius 2 is 2.05 bits per heavy atom. The number of rotatable bonds is 5.